The minimum absolute atomic E-state index is 0.326. The second-order valence-electron chi connectivity index (χ2n) is 5.82. The molecule has 0 fully saturated rings. The van der Waals surface area contributed by atoms with E-state index < -0.39 is 0 Å². The Morgan fingerprint density at radius 1 is 1.04 bits per heavy atom. The second kappa shape index (κ2) is 8.71. The molecule has 2 N–H and O–H groups in total. The Labute approximate surface area is 168 Å². The first-order valence-corrected chi connectivity index (χ1v) is 9.30. The van der Waals surface area contributed by atoms with Gasteiger partial charge in [0.25, 0.3) is 0 Å². The number of ether oxygens (including phenoxy) is 3. The topological polar surface area (TPSA) is 83.9 Å². The molecule has 8 heteroatoms. The lowest BCUT2D eigenvalue weighted by atomic mass is 10.2. The van der Waals surface area contributed by atoms with Crippen LogP contribution in [0.25, 0.3) is 0 Å². The number of hydrogen-bond acceptors (Lipinski definition) is 7. The van der Waals surface area contributed by atoms with Crippen molar-refractivity contribution in [1.82, 2.24) is 9.66 Å². The Morgan fingerprint density at radius 3 is 2.46 bits per heavy atom. The van der Waals surface area contributed by atoms with Gasteiger partial charge in [-0.15, -0.1) is 0 Å². The van der Waals surface area contributed by atoms with Crippen molar-refractivity contribution in [3.63, 3.8) is 0 Å². The van der Waals surface area contributed by atoms with E-state index in [4.69, 9.17) is 19.9 Å². The van der Waals surface area contributed by atoms with Crippen LogP contribution >= 0.6 is 11.8 Å². The maximum atomic E-state index is 5.88. The monoisotopic (exact) mass is 398 g/mol. The minimum Gasteiger partial charge on any atom is -0.497 e. The molecule has 28 heavy (non-hydrogen) atoms. The fourth-order valence-corrected chi connectivity index (χ4v) is 3.69. The largest absolute Gasteiger partial charge is 0.497 e. The van der Waals surface area contributed by atoms with Crippen LogP contribution < -0.4 is 19.9 Å². The molecule has 0 radical (unpaired) electrons. The van der Waals surface area contributed by atoms with E-state index in [0.29, 0.717) is 11.7 Å². The van der Waals surface area contributed by atoms with Crippen molar-refractivity contribution in [2.45, 2.75) is 16.7 Å². The van der Waals surface area contributed by atoms with Gasteiger partial charge in [-0.25, -0.2) is 9.66 Å². The summed E-state index contributed by atoms with van der Waals surface area (Å²) in [4.78, 5) is 6.03. The first-order chi connectivity index (χ1) is 13.5. The van der Waals surface area contributed by atoms with E-state index in [2.05, 4.69) is 10.1 Å². The number of aromatic nitrogens is 2. The van der Waals surface area contributed by atoms with Crippen LogP contribution in [0.4, 0.5) is 5.95 Å². The number of rotatable bonds is 7. The van der Waals surface area contributed by atoms with Gasteiger partial charge >= 0.3 is 0 Å². The van der Waals surface area contributed by atoms with Crippen molar-refractivity contribution in [2.75, 3.05) is 27.1 Å². The summed E-state index contributed by atoms with van der Waals surface area (Å²) in [6.07, 6.45) is 3.48. The number of anilines is 1. The molecule has 7 nitrogen and oxygen atoms in total. The zero-order chi connectivity index (χ0) is 20.1. The average molecular weight is 398 g/mol. The standard InChI is InChI=1S/C20H22N4O3S/c1-13-12-24(20(21)23-13)22-11-15-16(26-3)6-5-7-18(15)28-19-10-14(25-2)8-9-17(19)27-4/h5-12H,1-4H3,(H2,21,23). The molecule has 3 aromatic rings. The van der Waals surface area contributed by atoms with Gasteiger partial charge in [-0.2, -0.15) is 5.10 Å². The third-order valence-corrected chi connectivity index (χ3v) is 5.10. The fourth-order valence-electron chi connectivity index (χ4n) is 2.62. The van der Waals surface area contributed by atoms with E-state index in [1.54, 1.807) is 33.7 Å². The van der Waals surface area contributed by atoms with Crippen LogP contribution in [-0.4, -0.2) is 37.2 Å². The summed E-state index contributed by atoms with van der Waals surface area (Å²) >= 11 is 1.54. The normalized spacial score (nSPS) is 11.0. The molecule has 0 saturated carbocycles. The van der Waals surface area contributed by atoms with Crippen LogP contribution in [0.2, 0.25) is 0 Å². The van der Waals surface area contributed by atoms with E-state index in [-0.39, 0.29) is 0 Å². The summed E-state index contributed by atoms with van der Waals surface area (Å²) < 4.78 is 17.9. The Balaban J connectivity index is 2.02. The van der Waals surface area contributed by atoms with Crippen LogP contribution in [0.3, 0.4) is 0 Å². The third kappa shape index (κ3) is 4.23. The van der Waals surface area contributed by atoms with Crippen LogP contribution in [-0.2, 0) is 0 Å². The van der Waals surface area contributed by atoms with Crippen molar-refractivity contribution in [3.8, 4) is 17.2 Å². The minimum atomic E-state index is 0.326. The third-order valence-electron chi connectivity index (χ3n) is 3.98. The molecule has 0 bridgehead atoms. The maximum Gasteiger partial charge on any atom is 0.221 e. The summed E-state index contributed by atoms with van der Waals surface area (Å²) in [7, 11) is 4.91. The lowest BCUT2D eigenvalue weighted by molar-refractivity contribution is 0.394. The van der Waals surface area contributed by atoms with E-state index in [9.17, 15) is 0 Å². The van der Waals surface area contributed by atoms with E-state index in [0.717, 1.165) is 32.5 Å². The van der Waals surface area contributed by atoms with Gasteiger partial charge in [0.15, 0.2) is 0 Å². The number of benzene rings is 2. The zero-order valence-corrected chi connectivity index (χ0v) is 17.0. The van der Waals surface area contributed by atoms with Crippen LogP contribution in [0.1, 0.15) is 11.3 Å². The Hall–Kier alpha value is -3.13. The predicted octanol–water partition coefficient (Wildman–Crippen LogP) is 3.83. The first kappa shape index (κ1) is 19.6. The highest BCUT2D eigenvalue weighted by atomic mass is 32.2. The highest BCUT2D eigenvalue weighted by Crippen LogP contribution is 2.40. The smallest absolute Gasteiger partial charge is 0.221 e. The zero-order valence-electron chi connectivity index (χ0n) is 16.2. The van der Waals surface area contributed by atoms with Gasteiger partial charge in [-0.05, 0) is 37.3 Å². The van der Waals surface area contributed by atoms with Crippen molar-refractivity contribution in [3.05, 3.63) is 53.9 Å². The predicted molar refractivity (Wildman–Crippen MR) is 111 cm³/mol. The Morgan fingerprint density at radius 2 is 1.82 bits per heavy atom. The molecule has 1 heterocycles. The number of hydrogen-bond donors (Lipinski definition) is 1. The van der Waals surface area contributed by atoms with E-state index in [1.165, 1.54) is 16.4 Å². The molecule has 1 aromatic heterocycles. The molecule has 0 aliphatic heterocycles. The lowest BCUT2D eigenvalue weighted by Crippen LogP contribution is -1.99. The number of nitrogens with zero attached hydrogens (tertiary/aromatic N) is 3. The van der Waals surface area contributed by atoms with Gasteiger partial charge in [0.2, 0.25) is 5.95 Å². The van der Waals surface area contributed by atoms with E-state index >= 15 is 0 Å². The maximum absolute atomic E-state index is 5.88. The molecule has 0 saturated heterocycles. The average Bonchev–Trinajstić information content (AvgIpc) is 3.03. The molecule has 0 atom stereocenters. The summed E-state index contributed by atoms with van der Waals surface area (Å²) in [5.41, 5.74) is 7.50. The quantitative estimate of drug-likeness (QED) is 0.609. The number of nitrogens with two attached hydrogens (primary N) is 1. The van der Waals surface area contributed by atoms with Gasteiger partial charge in [0, 0.05) is 4.90 Å². The molecule has 0 unspecified atom stereocenters. The molecular formula is C20H22N4O3S. The molecular weight excluding hydrogens is 376 g/mol. The molecule has 0 spiro atoms. The van der Waals surface area contributed by atoms with Crippen LogP contribution in [0, 0.1) is 6.92 Å². The van der Waals surface area contributed by atoms with Gasteiger partial charge < -0.3 is 19.9 Å². The van der Waals surface area contributed by atoms with Crippen molar-refractivity contribution >= 4 is 23.9 Å². The first-order valence-electron chi connectivity index (χ1n) is 8.48. The van der Waals surface area contributed by atoms with Crippen LogP contribution in [0.5, 0.6) is 17.2 Å². The number of imidazole rings is 1. The molecule has 146 valence electrons. The van der Waals surface area contributed by atoms with E-state index in [1.807, 2.05) is 43.3 Å². The molecule has 0 aliphatic rings. The van der Waals surface area contributed by atoms with Gasteiger partial charge in [-0.3, -0.25) is 0 Å². The molecule has 0 amide bonds. The Bertz CT molecular complexity index is 1000. The SMILES string of the molecule is COc1ccc(OC)c(Sc2cccc(OC)c2C=Nn2cc(C)nc2N)c1. The van der Waals surface area contributed by atoms with Gasteiger partial charge in [-0.1, -0.05) is 17.8 Å². The molecule has 3 rings (SSSR count). The fraction of sp³-hybridized carbons (Fsp3) is 0.200. The second-order valence-corrected chi connectivity index (χ2v) is 6.90. The summed E-state index contributed by atoms with van der Waals surface area (Å²) in [6.45, 7) is 1.86. The summed E-state index contributed by atoms with van der Waals surface area (Å²) in [5.74, 6) is 2.53. The summed E-state index contributed by atoms with van der Waals surface area (Å²) in [5, 5.41) is 4.44. The number of nitrogen functional groups attached to an aromatic ring is 1. The van der Waals surface area contributed by atoms with Crippen molar-refractivity contribution in [1.29, 1.82) is 0 Å². The van der Waals surface area contributed by atoms with Crippen molar-refractivity contribution < 1.29 is 14.2 Å². The molecule has 2 aromatic carbocycles. The highest BCUT2D eigenvalue weighted by Gasteiger charge is 2.13. The summed E-state index contributed by atoms with van der Waals surface area (Å²) in [6, 6.07) is 11.5. The highest BCUT2D eigenvalue weighted by molar-refractivity contribution is 7.99. The number of aryl methyl sites for hydroxylation is 1. The molecule has 0 aliphatic carbocycles. The van der Waals surface area contributed by atoms with Crippen LogP contribution in [0.15, 0.2) is 57.5 Å². The lowest BCUT2D eigenvalue weighted by Gasteiger charge is -2.13. The van der Waals surface area contributed by atoms with Gasteiger partial charge in [0.05, 0.1) is 49.9 Å². The Kier molecular flexibility index (Phi) is 6.10. The number of methoxy groups -OCH3 is 3. The van der Waals surface area contributed by atoms with Crippen molar-refractivity contribution in [2.24, 2.45) is 5.10 Å². The van der Waals surface area contributed by atoms with Gasteiger partial charge in [0.1, 0.15) is 17.2 Å².